The van der Waals surface area contributed by atoms with E-state index in [0.29, 0.717) is 18.5 Å². The van der Waals surface area contributed by atoms with E-state index < -0.39 is 16.2 Å². The lowest BCUT2D eigenvalue weighted by Gasteiger charge is -2.39. The van der Waals surface area contributed by atoms with Crippen LogP contribution in [-0.4, -0.2) is 56.4 Å². The maximum Gasteiger partial charge on any atom is 0.264 e. The molecule has 1 aliphatic rings. The van der Waals surface area contributed by atoms with Gasteiger partial charge in [-0.2, -0.15) is 8.42 Å². The van der Waals surface area contributed by atoms with Crippen LogP contribution in [0.5, 0.6) is 5.75 Å². The zero-order valence-corrected chi connectivity index (χ0v) is 22.9. The topological polar surface area (TPSA) is 71.6 Å². The molecule has 5 rings (SSSR count). The van der Waals surface area contributed by atoms with Gasteiger partial charge in [0, 0.05) is 33.9 Å². The summed E-state index contributed by atoms with van der Waals surface area (Å²) >= 11 is 1.80. The van der Waals surface area contributed by atoms with Gasteiger partial charge >= 0.3 is 0 Å². The van der Waals surface area contributed by atoms with Crippen LogP contribution < -0.4 is 4.74 Å². The maximum atomic E-state index is 12.0. The summed E-state index contributed by atoms with van der Waals surface area (Å²) in [7, 11) is -3.62. The number of likely N-dealkylation sites (tertiary alicyclic amines) is 1. The first-order chi connectivity index (χ1) is 17.2. The highest BCUT2D eigenvalue weighted by atomic mass is 32.2. The minimum absolute atomic E-state index is 0.164. The molecule has 192 valence electrons. The monoisotopic (exact) mass is 526 g/mol. The van der Waals surface area contributed by atoms with Crippen molar-refractivity contribution in [3.05, 3.63) is 64.7 Å². The zero-order valence-electron chi connectivity index (χ0n) is 21.3. The minimum atomic E-state index is -3.62. The summed E-state index contributed by atoms with van der Waals surface area (Å²) in [6, 6.07) is 15.1. The van der Waals surface area contributed by atoms with E-state index in [1.54, 1.807) is 11.3 Å². The molecular weight excluding hydrogens is 492 g/mol. The van der Waals surface area contributed by atoms with Gasteiger partial charge in [-0.1, -0.05) is 12.1 Å². The molecule has 36 heavy (non-hydrogen) atoms. The Balaban J connectivity index is 1.26. The quantitative estimate of drug-likeness (QED) is 0.286. The van der Waals surface area contributed by atoms with Gasteiger partial charge in [-0.15, -0.1) is 11.3 Å². The Morgan fingerprint density at radius 2 is 2.00 bits per heavy atom. The predicted molar refractivity (Wildman–Crippen MR) is 148 cm³/mol. The van der Waals surface area contributed by atoms with Crippen molar-refractivity contribution >= 4 is 42.4 Å². The lowest BCUT2D eigenvalue weighted by molar-refractivity contribution is 0.0583. The molecule has 1 saturated heterocycles. The Bertz CT molecular complexity index is 1470. The van der Waals surface area contributed by atoms with Gasteiger partial charge in [0.15, 0.2) is 0 Å². The van der Waals surface area contributed by atoms with E-state index in [2.05, 4.69) is 47.3 Å². The van der Waals surface area contributed by atoms with Gasteiger partial charge in [-0.05, 0) is 98.3 Å². The van der Waals surface area contributed by atoms with Gasteiger partial charge < -0.3 is 9.72 Å². The van der Waals surface area contributed by atoms with Crippen molar-refractivity contribution in [2.24, 2.45) is 0 Å². The Kier molecular flexibility index (Phi) is 7.14. The lowest BCUT2D eigenvalue weighted by Crippen LogP contribution is -2.46. The van der Waals surface area contributed by atoms with E-state index in [0.717, 1.165) is 48.0 Å². The molecule has 2 aromatic heterocycles. The van der Waals surface area contributed by atoms with Crippen molar-refractivity contribution in [1.82, 2.24) is 9.88 Å². The van der Waals surface area contributed by atoms with Gasteiger partial charge in [0.25, 0.3) is 10.1 Å². The molecule has 0 spiro atoms. The second-order valence-corrected chi connectivity index (χ2v) is 12.7. The molecule has 0 unspecified atom stereocenters. The third-order valence-electron chi connectivity index (χ3n) is 7.21. The van der Waals surface area contributed by atoms with Crippen LogP contribution in [0.1, 0.15) is 42.5 Å². The van der Waals surface area contributed by atoms with Crippen LogP contribution in [0.2, 0.25) is 0 Å². The fourth-order valence-corrected chi connectivity index (χ4v) is 6.95. The molecule has 0 radical (unpaired) electrons. The third-order valence-corrected chi connectivity index (χ3v) is 8.91. The number of nitrogens with zero attached hydrogens (tertiary/aromatic N) is 1. The summed E-state index contributed by atoms with van der Waals surface area (Å²) in [5.74, 6) is 1.23. The van der Waals surface area contributed by atoms with Gasteiger partial charge in [0.1, 0.15) is 18.5 Å². The highest BCUT2D eigenvalue weighted by molar-refractivity contribution is 7.86. The van der Waals surface area contributed by atoms with Crippen LogP contribution in [0.15, 0.2) is 47.8 Å². The second kappa shape index (κ2) is 10.2. The Morgan fingerprint density at radius 1 is 1.17 bits per heavy atom. The Morgan fingerprint density at radius 3 is 2.78 bits per heavy atom. The van der Waals surface area contributed by atoms with Crippen LogP contribution in [0.4, 0.5) is 0 Å². The third kappa shape index (κ3) is 5.62. The standard InChI is InChI=1S/C28H34N2O4S2/c1-18-17-35-28-9-8-21(14-24(18)28)22-10-11-30(20(3)13-22)15-23(34-36(4,31)32)16-33-27-7-5-6-26-25(27)12-19(2)29-26/h5-9,12,14,17,20,22-23,29H,10-11,13,15-16H2,1-4H3/t20-,22+,23+/m1/s1. The Hall–Kier alpha value is -2.39. The van der Waals surface area contributed by atoms with Crippen molar-refractivity contribution in [3.8, 4) is 5.75 Å². The number of aryl methyl sites for hydroxylation is 2. The van der Waals surface area contributed by atoms with Gasteiger partial charge in [0.2, 0.25) is 0 Å². The van der Waals surface area contributed by atoms with Crippen molar-refractivity contribution in [3.63, 3.8) is 0 Å². The molecule has 0 bridgehead atoms. The van der Waals surface area contributed by atoms with E-state index >= 15 is 0 Å². The number of rotatable bonds is 8. The average Bonchev–Trinajstić information content (AvgIpc) is 3.39. The number of ether oxygens (including phenoxy) is 1. The zero-order chi connectivity index (χ0) is 25.4. The highest BCUT2D eigenvalue weighted by Crippen LogP contribution is 2.35. The molecule has 4 aromatic rings. The molecule has 0 saturated carbocycles. The first kappa shape index (κ1) is 25.3. The van der Waals surface area contributed by atoms with Gasteiger partial charge in [-0.3, -0.25) is 9.08 Å². The van der Waals surface area contributed by atoms with Crippen molar-refractivity contribution in [2.75, 3.05) is 26.0 Å². The van der Waals surface area contributed by atoms with Crippen LogP contribution in [-0.2, 0) is 14.3 Å². The number of nitrogens with one attached hydrogen (secondary N) is 1. The SMILES string of the molecule is Cc1cc2c(OC[C@H](CN3CC[C@H](c4ccc5scc(C)c5c4)C[C@H]3C)OS(C)(=O)=O)cccc2[nH]1. The van der Waals surface area contributed by atoms with Crippen LogP contribution >= 0.6 is 11.3 Å². The van der Waals surface area contributed by atoms with Crippen molar-refractivity contribution in [2.45, 2.75) is 51.7 Å². The number of fused-ring (bicyclic) bond motifs is 2. The number of hydrogen-bond acceptors (Lipinski definition) is 6. The van der Waals surface area contributed by atoms with Crippen molar-refractivity contribution in [1.29, 1.82) is 0 Å². The highest BCUT2D eigenvalue weighted by Gasteiger charge is 2.30. The minimum Gasteiger partial charge on any atom is -0.490 e. The number of H-pyrrole nitrogens is 1. The molecule has 3 heterocycles. The lowest BCUT2D eigenvalue weighted by atomic mass is 9.85. The molecule has 1 aliphatic heterocycles. The predicted octanol–water partition coefficient (Wildman–Crippen LogP) is 5.99. The first-order valence-corrected chi connectivity index (χ1v) is 15.2. The molecule has 0 amide bonds. The smallest absolute Gasteiger partial charge is 0.264 e. The van der Waals surface area contributed by atoms with E-state index in [-0.39, 0.29) is 6.61 Å². The Labute approximate surface area is 217 Å². The maximum absolute atomic E-state index is 12.0. The number of hydrogen-bond donors (Lipinski definition) is 1. The van der Waals surface area contributed by atoms with E-state index in [9.17, 15) is 8.42 Å². The van der Waals surface area contributed by atoms with Crippen molar-refractivity contribution < 1.29 is 17.3 Å². The summed E-state index contributed by atoms with van der Waals surface area (Å²) in [5, 5.41) is 4.57. The number of benzene rings is 2. The molecule has 1 N–H and O–H groups in total. The fraction of sp³-hybridized carbons (Fsp3) is 0.429. The molecule has 1 fully saturated rings. The summed E-state index contributed by atoms with van der Waals surface area (Å²) < 4.78 is 37.0. The molecule has 0 aliphatic carbocycles. The second-order valence-electron chi connectivity index (χ2n) is 10.1. The number of thiophene rings is 1. The number of piperidine rings is 1. The van der Waals surface area contributed by atoms with E-state index in [1.807, 2.05) is 31.2 Å². The summed E-state index contributed by atoms with van der Waals surface area (Å²) in [4.78, 5) is 5.65. The fourth-order valence-electron chi connectivity index (χ4n) is 5.42. The first-order valence-electron chi connectivity index (χ1n) is 12.5. The molecule has 6 nitrogen and oxygen atoms in total. The average molecular weight is 527 g/mol. The summed E-state index contributed by atoms with van der Waals surface area (Å²) in [5.41, 5.74) is 4.79. The summed E-state index contributed by atoms with van der Waals surface area (Å²) in [6.45, 7) is 7.97. The number of aromatic nitrogens is 1. The van der Waals surface area contributed by atoms with E-state index in [1.165, 1.54) is 21.2 Å². The number of aromatic amines is 1. The molecular formula is C28H34N2O4S2. The molecule has 2 aromatic carbocycles. The van der Waals surface area contributed by atoms with E-state index in [4.69, 9.17) is 8.92 Å². The van der Waals surface area contributed by atoms with Crippen LogP contribution in [0.25, 0.3) is 21.0 Å². The molecule has 8 heteroatoms. The van der Waals surface area contributed by atoms with Gasteiger partial charge in [-0.25, -0.2) is 0 Å². The van der Waals surface area contributed by atoms with Crippen LogP contribution in [0.3, 0.4) is 0 Å². The summed E-state index contributed by atoms with van der Waals surface area (Å²) in [6.07, 6.45) is 2.59. The molecule has 3 atom stereocenters. The largest absolute Gasteiger partial charge is 0.490 e. The van der Waals surface area contributed by atoms with Gasteiger partial charge in [0.05, 0.1) is 6.26 Å². The normalized spacial score (nSPS) is 20.2. The van der Waals surface area contributed by atoms with Crippen LogP contribution in [0, 0.1) is 13.8 Å².